The van der Waals surface area contributed by atoms with Gasteiger partial charge in [0.1, 0.15) is 0 Å². The maximum Gasteiger partial charge on any atom is 0.0381 e. The van der Waals surface area contributed by atoms with Crippen LogP contribution in [0.1, 0.15) is 39.3 Å². The van der Waals surface area contributed by atoms with Crippen LogP contribution in [0.4, 0.5) is 0 Å². The Kier molecular flexibility index (Phi) is 5.36. The van der Waals surface area contributed by atoms with Gasteiger partial charge in [-0.2, -0.15) is 0 Å². The lowest BCUT2D eigenvalue weighted by Crippen LogP contribution is -2.42. The van der Waals surface area contributed by atoms with Crippen LogP contribution in [0.15, 0.2) is 30.3 Å². The molecule has 0 heterocycles. The van der Waals surface area contributed by atoms with Gasteiger partial charge in [-0.15, -0.1) is 0 Å². The first-order chi connectivity index (χ1) is 8.38. The molecule has 0 amide bonds. The number of nitrogens with zero attached hydrogens (tertiary/aromatic N) is 1. The monoisotopic (exact) mass is 248 g/mol. The molecule has 0 spiro atoms. The van der Waals surface area contributed by atoms with Gasteiger partial charge in [0.25, 0.3) is 0 Å². The summed E-state index contributed by atoms with van der Waals surface area (Å²) in [5.74, 6) is 0. The van der Waals surface area contributed by atoms with Gasteiger partial charge in [0, 0.05) is 18.6 Å². The van der Waals surface area contributed by atoms with Crippen molar-refractivity contribution in [1.29, 1.82) is 0 Å². The second-order valence-electron chi connectivity index (χ2n) is 6.13. The summed E-state index contributed by atoms with van der Waals surface area (Å²) in [5.41, 5.74) is 1.55. The van der Waals surface area contributed by atoms with Gasteiger partial charge in [0.15, 0.2) is 0 Å². The largest absolute Gasteiger partial charge is 0.313 e. The van der Waals surface area contributed by atoms with Crippen LogP contribution in [0.3, 0.4) is 0 Å². The summed E-state index contributed by atoms with van der Waals surface area (Å²) in [7, 11) is 4.25. The molecule has 0 fully saturated rings. The standard InChI is InChI=1S/C16H28N2/c1-13(2)18(6)12-16(3,4)15(17-5)14-10-8-7-9-11-14/h7-11,13,15,17H,12H2,1-6H3. The highest BCUT2D eigenvalue weighted by molar-refractivity contribution is 5.21. The van der Waals surface area contributed by atoms with Crippen LogP contribution in [0.25, 0.3) is 0 Å². The van der Waals surface area contributed by atoms with Crippen molar-refractivity contribution in [3.05, 3.63) is 35.9 Å². The number of nitrogens with one attached hydrogen (secondary N) is 1. The third-order valence-corrected chi connectivity index (χ3v) is 3.74. The van der Waals surface area contributed by atoms with Crippen molar-refractivity contribution in [2.45, 2.75) is 39.8 Å². The fourth-order valence-corrected chi connectivity index (χ4v) is 2.57. The van der Waals surface area contributed by atoms with E-state index in [0.29, 0.717) is 12.1 Å². The molecule has 1 atom stereocenters. The van der Waals surface area contributed by atoms with E-state index < -0.39 is 0 Å². The van der Waals surface area contributed by atoms with Gasteiger partial charge in [-0.3, -0.25) is 0 Å². The Labute approximate surface area is 112 Å². The molecule has 1 unspecified atom stereocenters. The Hall–Kier alpha value is -0.860. The maximum atomic E-state index is 3.48. The third kappa shape index (κ3) is 3.82. The van der Waals surface area contributed by atoms with Gasteiger partial charge in [0.2, 0.25) is 0 Å². The molecular formula is C16H28N2. The van der Waals surface area contributed by atoms with E-state index in [9.17, 15) is 0 Å². The zero-order valence-electron chi connectivity index (χ0n) is 12.7. The minimum atomic E-state index is 0.190. The van der Waals surface area contributed by atoms with Gasteiger partial charge >= 0.3 is 0 Å². The van der Waals surface area contributed by atoms with Gasteiger partial charge in [-0.25, -0.2) is 0 Å². The van der Waals surface area contributed by atoms with Gasteiger partial charge in [-0.1, -0.05) is 44.2 Å². The SMILES string of the molecule is CNC(c1ccccc1)C(C)(C)CN(C)C(C)C. The van der Waals surface area contributed by atoms with E-state index in [2.05, 4.69) is 82.3 Å². The Morgan fingerprint density at radius 1 is 1.17 bits per heavy atom. The summed E-state index contributed by atoms with van der Waals surface area (Å²) >= 11 is 0. The van der Waals surface area contributed by atoms with Gasteiger partial charge in [0.05, 0.1) is 0 Å². The first kappa shape index (κ1) is 15.2. The lowest BCUT2D eigenvalue weighted by molar-refractivity contribution is 0.139. The maximum absolute atomic E-state index is 3.48. The van der Waals surface area contributed by atoms with Crippen LogP contribution in [0.5, 0.6) is 0 Å². The van der Waals surface area contributed by atoms with Crippen LogP contribution in [0, 0.1) is 5.41 Å². The van der Waals surface area contributed by atoms with E-state index in [1.165, 1.54) is 5.56 Å². The summed E-state index contributed by atoms with van der Waals surface area (Å²) in [6.07, 6.45) is 0. The first-order valence-corrected chi connectivity index (χ1v) is 6.81. The summed E-state index contributed by atoms with van der Waals surface area (Å²) in [4.78, 5) is 2.41. The summed E-state index contributed by atoms with van der Waals surface area (Å²) in [5, 5.41) is 3.48. The predicted octanol–water partition coefficient (Wildman–Crippen LogP) is 3.31. The van der Waals surface area contributed by atoms with Crippen molar-refractivity contribution in [3.8, 4) is 0 Å². The lowest BCUT2D eigenvalue weighted by atomic mass is 9.80. The average Bonchev–Trinajstić information content (AvgIpc) is 2.30. The van der Waals surface area contributed by atoms with Crippen LogP contribution in [-0.4, -0.2) is 31.6 Å². The van der Waals surface area contributed by atoms with E-state index in [-0.39, 0.29) is 5.41 Å². The normalized spacial score (nSPS) is 14.2. The smallest absolute Gasteiger partial charge is 0.0381 e. The third-order valence-electron chi connectivity index (χ3n) is 3.74. The van der Waals surface area contributed by atoms with Crippen LogP contribution in [0.2, 0.25) is 0 Å². The zero-order chi connectivity index (χ0) is 13.8. The molecule has 1 rings (SSSR count). The quantitative estimate of drug-likeness (QED) is 0.831. The summed E-state index contributed by atoms with van der Waals surface area (Å²) in [6, 6.07) is 11.7. The topological polar surface area (TPSA) is 15.3 Å². The molecule has 0 saturated heterocycles. The minimum Gasteiger partial charge on any atom is -0.313 e. The highest BCUT2D eigenvalue weighted by atomic mass is 15.1. The molecule has 0 aromatic heterocycles. The van der Waals surface area contributed by atoms with Crippen molar-refractivity contribution < 1.29 is 0 Å². The first-order valence-electron chi connectivity index (χ1n) is 6.81. The Morgan fingerprint density at radius 2 is 1.72 bits per heavy atom. The van der Waals surface area contributed by atoms with Crippen LogP contribution >= 0.6 is 0 Å². The molecule has 0 saturated carbocycles. The molecule has 102 valence electrons. The fraction of sp³-hybridized carbons (Fsp3) is 0.625. The van der Waals surface area contributed by atoms with E-state index in [0.717, 1.165) is 6.54 Å². The minimum absolute atomic E-state index is 0.190. The van der Waals surface area contributed by atoms with E-state index in [1.807, 2.05) is 0 Å². The molecule has 1 aromatic rings. The second kappa shape index (κ2) is 6.35. The Balaban J connectivity index is 2.87. The molecule has 2 nitrogen and oxygen atoms in total. The van der Waals surface area contributed by atoms with Crippen LogP contribution < -0.4 is 5.32 Å². The molecule has 0 aliphatic heterocycles. The van der Waals surface area contributed by atoms with Crippen molar-refractivity contribution in [2.75, 3.05) is 20.6 Å². The number of rotatable bonds is 6. The van der Waals surface area contributed by atoms with E-state index in [4.69, 9.17) is 0 Å². The van der Waals surface area contributed by atoms with Gasteiger partial charge < -0.3 is 10.2 Å². The molecule has 0 aliphatic rings. The molecule has 1 N–H and O–H groups in total. The Morgan fingerprint density at radius 3 is 2.17 bits per heavy atom. The molecule has 2 heteroatoms. The molecule has 0 radical (unpaired) electrons. The van der Waals surface area contributed by atoms with Crippen molar-refractivity contribution >= 4 is 0 Å². The number of hydrogen-bond acceptors (Lipinski definition) is 2. The van der Waals surface area contributed by atoms with Crippen molar-refractivity contribution in [2.24, 2.45) is 5.41 Å². The number of hydrogen-bond donors (Lipinski definition) is 1. The lowest BCUT2D eigenvalue weighted by Gasteiger charge is -2.39. The molecular weight excluding hydrogens is 220 g/mol. The highest BCUT2D eigenvalue weighted by Crippen LogP contribution is 2.33. The highest BCUT2D eigenvalue weighted by Gasteiger charge is 2.31. The van der Waals surface area contributed by atoms with Crippen molar-refractivity contribution in [1.82, 2.24) is 10.2 Å². The average molecular weight is 248 g/mol. The zero-order valence-corrected chi connectivity index (χ0v) is 12.7. The van der Waals surface area contributed by atoms with Crippen LogP contribution in [-0.2, 0) is 0 Å². The number of benzene rings is 1. The van der Waals surface area contributed by atoms with Crippen molar-refractivity contribution in [3.63, 3.8) is 0 Å². The molecule has 0 aliphatic carbocycles. The predicted molar refractivity (Wildman–Crippen MR) is 79.8 cm³/mol. The van der Waals surface area contributed by atoms with E-state index in [1.54, 1.807) is 0 Å². The summed E-state index contributed by atoms with van der Waals surface area (Å²) < 4.78 is 0. The molecule has 1 aromatic carbocycles. The fourth-order valence-electron chi connectivity index (χ4n) is 2.57. The van der Waals surface area contributed by atoms with E-state index >= 15 is 0 Å². The Bertz CT molecular complexity index is 343. The van der Waals surface area contributed by atoms with Gasteiger partial charge in [-0.05, 0) is 38.9 Å². The molecule has 18 heavy (non-hydrogen) atoms. The second-order valence-corrected chi connectivity index (χ2v) is 6.13. The summed E-state index contributed by atoms with van der Waals surface area (Å²) in [6.45, 7) is 10.2. The molecule has 0 bridgehead atoms.